The number of benzene rings is 1. The van der Waals surface area contributed by atoms with E-state index < -0.39 is 0 Å². The van der Waals surface area contributed by atoms with Crippen LogP contribution in [0.5, 0.6) is 5.75 Å². The van der Waals surface area contributed by atoms with Crippen molar-refractivity contribution in [2.75, 3.05) is 51.3 Å². The number of nitrogens with one attached hydrogen (secondary N) is 2. The van der Waals surface area contributed by atoms with E-state index >= 15 is 0 Å². The number of fused-ring (bicyclic) bond motifs is 1. The number of hydrogen-bond acceptors (Lipinski definition) is 5. The summed E-state index contributed by atoms with van der Waals surface area (Å²) in [6.45, 7) is 4.70. The molecule has 0 atom stereocenters. The molecule has 0 radical (unpaired) electrons. The van der Waals surface area contributed by atoms with Crippen molar-refractivity contribution >= 4 is 17.5 Å². The van der Waals surface area contributed by atoms with Gasteiger partial charge in [0.15, 0.2) is 6.61 Å². The molecule has 1 aromatic rings. The van der Waals surface area contributed by atoms with Gasteiger partial charge in [-0.05, 0) is 18.2 Å². The van der Waals surface area contributed by atoms with Crippen LogP contribution in [-0.4, -0.2) is 62.7 Å². The first-order valence-corrected chi connectivity index (χ1v) is 7.37. The quantitative estimate of drug-likeness (QED) is 0.823. The van der Waals surface area contributed by atoms with Crippen LogP contribution >= 0.6 is 0 Å². The van der Waals surface area contributed by atoms with Crippen molar-refractivity contribution in [1.82, 2.24) is 10.2 Å². The van der Waals surface area contributed by atoms with E-state index in [2.05, 4.69) is 15.5 Å². The van der Waals surface area contributed by atoms with Gasteiger partial charge in [0, 0.05) is 31.7 Å². The largest absolute Gasteiger partial charge is 0.482 e. The SMILES string of the molecule is O=C1COc2ccc(C(=O)NCCN3CCOCC3)cc2N1. The zero-order valence-electron chi connectivity index (χ0n) is 12.3. The Morgan fingerprint density at radius 2 is 2.14 bits per heavy atom. The summed E-state index contributed by atoms with van der Waals surface area (Å²) >= 11 is 0. The Kier molecular flexibility index (Phi) is 4.55. The van der Waals surface area contributed by atoms with Crippen LogP contribution in [0.4, 0.5) is 5.69 Å². The smallest absolute Gasteiger partial charge is 0.262 e. The fraction of sp³-hybridized carbons (Fsp3) is 0.467. The average molecular weight is 305 g/mol. The van der Waals surface area contributed by atoms with Crippen molar-refractivity contribution in [3.8, 4) is 5.75 Å². The molecule has 2 aliphatic rings. The molecule has 0 saturated carbocycles. The van der Waals surface area contributed by atoms with Gasteiger partial charge in [-0.3, -0.25) is 14.5 Å². The Bertz CT molecular complexity index is 570. The monoisotopic (exact) mass is 305 g/mol. The van der Waals surface area contributed by atoms with E-state index in [1.807, 2.05) is 0 Å². The molecule has 0 aromatic heterocycles. The van der Waals surface area contributed by atoms with Crippen LogP contribution in [0, 0.1) is 0 Å². The second-order valence-electron chi connectivity index (χ2n) is 5.26. The maximum Gasteiger partial charge on any atom is 0.262 e. The highest BCUT2D eigenvalue weighted by atomic mass is 16.5. The second kappa shape index (κ2) is 6.76. The van der Waals surface area contributed by atoms with Gasteiger partial charge in [-0.1, -0.05) is 0 Å². The topological polar surface area (TPSA) is 79.9 Å². The Labute approximate surface area is 128 Å². The molecule has 2 aliphatic heterocycles. The number of hydrogen-bond donors (Lipinski definition) is 2. The van der Waals surface area contributed by atoms with E-state index in [4.69, 9.17) is 9.47 Å². The number of morpholine rings is 1. The first-order valence-electron chi connectivity index (χ1n) is 7.37. The van der Waals surface area contributed by atoms with Gasteiger partial charge in [0.1, 0.15) is 5.75 Å². The molecule has 1 saturated heterocycles. The highest BCUT2D eigenvalue weighted by molar-refractivity contribution is 5.99. The number of anilines is 1. The Hall–Kier alpha value is -2.12. The van der Waals surface area contributed by atoms with Crippen LogP contribution in [0.2, 0.25) is 0 Å². The summed E-state index contributed by atoms with van der Waals surface area (Å²) in [5, 5.41) is 5.59. The lowest BCUT2D eigenvalue weighted by Crippen LogP contribution is -2.41. The van der Waals surface area contributed by atoms with E-state index in [-0.39, 0.29) is 18.4 Å². The van der Waals surface area contributed by atoms with Crippen LogP contribution in [0.15, 0.2) is 18.2 Å². The second-order valence-corrected chi connectivity index (χ2v) is 5.26. The molecular weight excluding hydrogens is 286 g/mol. The third-order valence-corrected chi connectivity index (χ3v) is 3.69. The summed E-state index contributed by atoms with van der Waals surface area (Å²) in [6, 6.07) is 5.03. The minimum Gasteiger partial charge on any atom is -0.482 e. The molecule has 22 heavy (non-hydrogen) atoms. The van der Waals surface area contributed by atoms with Crippen molar-refractivity contribution in [3.63, 3.8) is 0 Å². The van der Waals surface area contributed by atoms with E-state index in [0.717, 1.165) is 32.8 Å². The highest BCUT2D eigenvalue weighted by Gasteiger charge is 2.18. The lowest BCUT2D eigenvalue weighted by molar-refractivity contribution is -0.118. The normalized spacial score (nSPS) is 18.1. The van der Waals surface area contributed by atoms with Crippen LogP contribution in [0.3, 0.4) is 0 Å². The number of rotatable bonds is 4. The molecule has 0 unspecified atom stereocenters. The standard InChI is InChI=1S/C15H19N3O4/c19-14-10-22-13-2-1-11(9-12(13)17-14)15(20)16-3-4-18-5-7-21-8-6-18/h1-2,9H,3-8,10H2,(H,16,20)(H,17,19). The molecule has 2 N–H and O–H groups in total. The van der Waals surface area contributed by atoms with Crippen molar-refractivity contribution in [2.24, 2.45) is 0 Å². The third kappa shape index (κ3) is 3.55. The van der Waals surface area contributed by atoms with E-state index in [1.54, 1.807) is 18.2 Å². The van der Waals surface area contributed by atoms with E-state index in [9.17, 15) is 9.59 Å². The summed E-state index contributed by atoms with van der Waals surface area (Å²) in [5.74, 6) is 0.220. The molecule has 7 heteroatoms. The minimum atomic E-state index is -0.211. The first kappa shape index (κ1) is 14.8. The van der Waals surface area contributed by atoms with Crippen molar-refractivity contribution in [2.45, 2.75) is 0 Å². The molecule has 1 fully saturated rings. The first-order chi connectivity index (χ1) is 10.7. The van der Waals surface area contributed by atoms with Gasteiger partial charge in [-0.2, -0.15) is 0 Å². The molecule has 0 spiro atoms. The summed E-state index contributed by atoms with van der Waals surface area (Å²) in [5.41, 5.74) is 1.05. The zero-order chi connectivity index (χ0) is 15.4. The van der Waals surface area contributed by atoms with Crippen LogP contribution in [-0.2, 0) is 9.53 Å². The Morgan fingerprint density at radius 1 is 1.32 bits per heavy atom. The molecule has 2 heterocycles. The van der Waals surface area contributed by atoms with Gasteiger partial charge >= 0.3 is 0 Å². The Morgan fingerprint density at radius 3 is 2.95 bits per heavy atom. The number of carbonyl (C=O) groups excluding carboxylic acids is 2. The summed E-state index contributed by atoms with van der Waals surface area (Å²) in [6.07, 6.45) is 0. The van der Waals surface area contributed by atoms with Gasteiger partial charge in [-0.25, -0.2) is 0 Å². The number of nitrogens with zero attached hydrogens (tertiary/aromatic N) is 1. The summed E-state index contributed by atoms with van der Waals surface area (Å²) in [7, 11) is 0. The van der Waals surface area contributed by atoms with Gasteiger partial charge in [0.2, 0.25) is 0 Å². The summed E-state index contributed by atoms with van der Waals surface area (Å²) in [4.78, 5) is 25.7. The molecule has 1 aromatic carbocycles. The van der Waals surface area contributed by atoms with Crippen molar-refractivity contribution in [1.29, 1.82) is 0 Å². The predicted octanol–water partition coefficient (Wildman–Crippen LogP) is 0.0795. The Balaban J connectivity index is 1.53. The average Bonchev–Trinajstić information content (AvgIpc) is 2.55. The number of ether oxygens (including phenoxy) is 2. The molecular formula is C15H19N3O4. The fourth-order valence-corrected chi connectivity index (χ4v) is 2.48. The van der Waals surface area contributed by atoms with Crippen LogP contribution in [0.25, 0.3) is 0 Å². The number of carbonyl (C=O) groups is 2. The molecule has 0 bridgehead atoms. The fourth-order valence-electron chi connectivity index (χ4n) is 2.48. The van der Waals surface area contributed by atoms with Crippen molar-refractivity contribution in [3.05, 3.63) is 23.8 Å². The zero-order valence-corrected chi connectivity index (χ0v) is 12.3. The lowest BCUT2D eigenvalue weighted by Gasteiger charge is -2.26. The van der Waals surface area contributed by atoms with Gasteiger partial charge < -0.3 is 20.1 Å². The van der Waals surface area contributed by atoms with Crippen molar-refractivity contribution < 1.29 is 19.1 Å². The molecule has 118 valence electrons. The van der Waals surface area contributed by atoms with E-state index in [0.29, 0.717) is 23.5 Å². The third-order valence-electron chi connectivity index (χ3n) is 3.69. The molecule has 2 amide bonds. The number of amides is 2. The molecule has 0 aliphatic carbocycles. The lowest BCUT2D eigenvalue weighted by atomic mass is 10.1. The van der Waals surface area contributed by atoms with Gasteiger partial charge in [-0.15, -0.1) is 0 Å². The molecule has 7 nitrogen and oxygen atoms in total. The van der Waals surface area contributed by atoms with Crippen LogP contribution < -0.4 is 15.4 Å². The maximum absolute atomic E-state index is 12.1. The van der Waals surface area contributed by atoms with Gasteiger partial charge in [0.05, 0.1) is 18.9 Å². The maximum atomic E-state index is 12.1. The highest BCUT2D eigenvalue weighted by Crippen LogP contribution is 2.28. The van der Waals surface area contributed by atoms with Crippen LogP contribution in [0.1, 0.15) is 10.4 Å². The van der Waals surface area contributed by atoms with Gasteiger partial charge in [0.25, 0.3) is 11.8 Å². The minimum absolute atomic E-state index is 0.0120. The van der Waals surface area contributed by atoms with E-state index in [1.165, 1.54) is 0 Å². The molecule has 3 rings (SSSR count). The summed E-state index contributed by atoms with van der Waals surface area (Å²) < 4.78 is 10.6. The predicted molar refractivity (Wildman–Crippen MR) is 80.2 cm³/mol.